The molecule has 1 aliphatic rings. The van der Waals surface area contributed by atoms with Crippen molar-refractivity contribution in [3.8, 4) is 5.75 Å². The van der Waals surface area contributed by atoms with Gasteiger partial charge in [-0.3, -0.25) is 4.79 Å². The van der Waals surface area contributed by atoms with Crippen LogP contribution in [-0.4, -0.2) is 21.9 Å². The Hall–Kier alpha value is -2.30. The molecule has 1 saturated carbocycles. The third-order valence-corrected chi connectivity index (χ3v) is 4.70. The van der Waals surface area contributed by atoms with Gasteiger partial charge in [0.15, 0.2) is 0 Å². The van der Waals surface area contributed by atoms with E-state index in [-0.39, 0.29) is 11.6 Å². The molecule has 114 valence electrons. The van der Waals surface area contributed by atoms with Crippen LogP contribution < -0.4 is 10.3 Å². The average Bonchev–Trinajstić information content (AvgIpc) is 2.95. The summed E-state index contributed by atoms with van der Waals surface area (Å²) in [6, 6.07) is 6.02. The lowest BCUT2D eigenvalue weighted by molar-refractivity contribution is 0.320. The van der Waals surface area contributed by atoms with E-state index in [4.69, 9.17) is 4.74 Å². The van der Waals surface area contributed by atoms with Crippen molar-refractivity contribution in [3.05, 3.63) is 34.7 Å². The second kappa shape index (κ2) is 5.16. The molecule has 0 atom stereocenters. The molecule has 0 amide bonds. The van der Waals surface area contributed by atoms with E-state index in [0.29, 0.717) is 5.52 Å². The fraction of sp³-hybridized carbons (Fsp3) is 0.412. The minimum Gasteiger partial charge on any atom is -0.497 e. The molecular weight excluding hydrogens is 278 g/mol. The molecule has 1 N–H and O–H groups in total. The summed E-state index contributed by atoms with van der Waals surface area (Å²) in [5.41, 5.74) is 1.57. The Bertz CT molecular complexity index is 888. The molecule has 22 heavy (non-hydrogen) atoms. The van der Waals surface area contributed by atoms with Gasteiger partial charge < -0.3 is 9.72 Å². The lowest BCUT2D eigenvalue weighted by Gasteiger charge is -2.22. The summed E-state index contributed by atoms with van der Waals surface area (Å²) in [6.07, 6.45) is 7.53. The van der Waals surface area contributed by atoms with Crippen LogP contribution in [0.15, 0.2) is 29.2 Å². The Balaban J connectivity index is 1.91. The quantitative estimate of drug-likeness (QED) is 0.788. The minimum absolute atomic E-state index is 0.0143. The maximum atomic E-state index is 12.8. The Labute approximate surface area is 127 Å². The first kappa shape index (κ1) is 13.4. The number of fused-ring (bicyclic) bond motifs is 3. The number of ether oxygens (including phenoxy) is 1. The van der Waals surface area contributed by atoms with Crippen molar-refractivity contribution in [3.63, 3.8) is 0 Å². The van der Waals surface area contributed by atoms with E-state index in [1.165, 1.54) is 19.3 Å². The zero-order chi connectivity index (χ0) is 15.1. The van der Waals surface area contributed by atoms with Gasteiger partial charge in [-0.2, -0.15) is 5.10 Å². The number of nitrogens with one attached hydrogen (secondary N) is 1. The van der Waals surface area contributed by atoms with Gasteiger partial charge in [0.1, 0.15) is 11.3 Å². The molecular formula is C17H19N3O2. The van der Waals surface area contributed by atoms with Gasteiger partial charge >= 0.3 is 0 Å². The van der Waals surface area contributed by atoms with Gasteiger partial charge in [0.2, 0.25) is 0 Å². The molecule has 0 spiro atoms. The van der Waals surface area contributed by atoms with E-state index in [9.17, 15) is 4.79 Å². The molecule has 0 saturated heterocycles. The van der Waals surface area contributed by atoms with Gasteiger partial charge in [-0.1, -0.05) is 19.3 Å². The molecule has 0 radical (unpaired) electrons. The number of benzene rings is 1. The SMILES string of the molecule is COc1ccc2[nH]c3c(=O)n(C4CCCCC4)ncc3c2c1. The highest BCUT2D eigenvalue weighted by Gasteiger charge is 2.19. The normalized spacial score (nSPS) is 16.4. The van der Waals surface area contributed by atoms with Gasteiger partial charge in [-0.05, 0) is 31.0 Å². The molecule has 3 aromatic rings. The van der Waals surface area contributed by atoms with Crippen LogP contribution in [0.2, 0.25) is 0 Å². The van der Waals surface area contributed by atoms with Gasteiger partial charge in [-0.15, -0.1) is 0 Å². The third-order valence-electron chi connectivity index (χ3n) is 4.70. The molecule has 0 aliphatic heterocycles. The van der Waals surface area contributed by atoms with E-state index >= 15 is 0 Å². The average molecular weight is 297 g/mol. The molecule has 5 heteroatoms. The Kier molecular flexibility index (Phi) is 3.13. The topological polar surface area (TPSA) is 59.9 Å². The van der Waals surface area contributed by atoms with Gasteiger partial charge in [0.25, 0.3) is 5.56 Å². The van der Waals surface area contributed by atoms with Gasteiger partial charge in [0, 0.05) is 16.3 Å². The second-order valence-corrected chi connectivity index (χ2v) is 6.01. The monoisotopic (exact) mass is 297 g/mol. The number of aromatic nitrogens is 3. The summed E-state index contributed by atoms with van der Waals surface area (Å²) in [5.74, 6) is 0.782. The summed E-state index contributed by atoms with van der Waals surface area (Å²) in [6.45, 7) is 0. The molecule has 2 aromatic heterocycles. The van der Waals surface area contributed by atoms with Crippen LogP contribution in [0.25, 0.3) is 21.8 Å². The van der Waals surface area contributed by atoms with Crippen LogP contribution in [0.1, 0.15) is 38.1 Å². The second-order valence-electron chi connectivity index (χ2n) is 6.01. The van der Waals surface area contributed by atoms with E-state index in [1.54, 1.807) is 11.8 Å². The number of methoxy groups -OCH3 is 1. The Morgan fingerprint density at radius 2 is 2.05 bits per heavy atom. The summed E-state index contributed by atoms with van der Waals surface area (Å²) in [4.78, 5) is 16.0. The van der Waals surface area contributed by atoms with Crippen LogP contribution in [-0.2, 0) is 0 Å². The largest absolute Gasteiger partial charge is 0.497 e. The van der Waals surface area contributed by atoms with Crippen molar-refractivity contribution in [1.29, 1.82) is 0 Å². The zero-order valence-electron chi connectivity index (χ0n) is 12.6. The van der Waals surface area contributed by atoms with E-state index in [0.717, 1.165) is 34.9 Å². The van der Waals surface area contributed by atoms with Crippen molar-refractivity contribution in [2.75, 3.05) is 7.11 Å². The molecule has 4 rings (SSSR count). The number of aromatic amines is 1. The maximum absolute atomic E-state index is 12.8. The first-order valence-corrected chi connectivity index (χ1v) is 7.85. The van der Waals surface area contributed by atoms with Crippen molar-refractivity contribution >= 4 is 21.8 Å². The van der Waals surface area contributed by atoms with Crippen LogP contribution in [0.4, 0.5) is 0 Å². The van der Waals surface area contributed by atoms with Crippen molar-refractivity contribution < 1.29 is 4.74 Å². The summed E-state index contributed by atoms with van der Waals surface area (Å²) >= 11 is 0. The molecule has 2 heterocycles. The first-order valence-electron chi connectivity index (χ1n) is 7.85. The molecule has 1 aromatic carbocycles. The van der Waals surface area contributed by atoms with Crippen LogP contribution in [0.3, 0.4) is 0 Å². The predicted octanol–water partition coefficient (Wildman–Crippen LogP) is 3.39. The van der Waals surface area contributed by atoms with Crippen molar-refractivity contribution in [1.82, 2.24) is 14.8 Å². The van der Waals surface area contributed by atoms with E-state index < -0.39 is 0 Å². The van der Waals surface area contributed by atoms with Crippen molar-refractivity contribution in [2.45, 2.75) is 38.1 Å². The Morgan fingerprint density at radius 3 is 2.82 bits per heavy atom. The summed E-state index contributed by atoms with van der Waals surface area (Å²) in [7, 11) is 1.64. The summed E-state index contributed by atoms with van der Waals surface area (Å²) in [5, 5.41) is 6.30. The lowest BCUT2D eigenvalue weighted by atomic mass is 9.96. The van der Waals surface area contributed by atoms with Crippen LogP contribution >= 0.6 is 0 Å². The van der Waals surface area contributed by atoms with Gasteiger partial charge in [0.05, 0.1) is 19.3 Å². The number of nitrogens with zero attached hydrogens (tertiary/aromatic N) is 2. The Morgan fingerprint density at radius 1 is 1.23 bits per heavy atom. The van der Waals surface area contributed by atoms with Crippen LogP contribution in [0.5, 0.6) is 5.75 Å². The summed E-state index contributed by atoms with van der Waals surface area (Å²) < 4.78 is 6.95. The van der Waals surface area contributed by atoms with Crippen molar-refractivity contribution in [2.24, 2.45) is 0 Å². The fourth-order valence-electron chi connectivity index (χ4n) is 3.49. The van der Waals surface area contributed by atoms with Gasteiger partial charge in [-0.25, -0.2) is 4.68 Å². The highest BCUT2D eigenvalue weighted by molar-refractivity contribution is 6.06. The maximum Gasteiger partial charge on any atom is 0.291 e. The van der Waals surface area contributed by atoms with E-state index in [1.807, 2.05) is 24.4 Å². The molecule has 0 bridgehead atoms. The van der Waals surface area contributed by atoms with Crippen LogP contribution in [0, 0.1) is 0 Å². The molecule has 1 aliphatic carbocycles. The highest BCUT2D eigenvalue weighted by atomic mass is 16.5. The lowest BCUT2D eigenvalue weighted by Crippen LogP contribution is -2.28. The molecule has 1 fully saturated rings. The number of H-pyrrole nitrogens is 1. The van der Waals surface area contributed by atoms with E-state index in [2.05, 4.69) is 10.1 Å². The standard InChI is InChI=1S/C17H19N3O2/c1-22-12-7-8-15-13(9-12)14-10-18-20(17(21)16(14)19-15)11-5-3-2-4-6-11/h7-11,19H,2-6H2,1H3. The zero-order valence-corrected chi connectivity index (χ0v) is 12.6. The minimum atomic E-state index is -0.0143. The first-order chi connectivity index (χ1) is 10.8. The molecule has 0 unspecified atom stereocenters. The predicted molar refractivity (Wildman–Crippen MR) is 86.5 cm³/mol. The highest BCUT2D eigenvalue weighted by Crippen LogP contribution is 2.29. The number of hydrogen-bond acceptors (Lipinski definition) is 3. The fourth-order valence-corrected chi connectivity index (χ4v) is 3.49. The number of hydrogen-bond donors (Lipinski definition) is 1. The smallest absolute Gasteiger partial charge is 0.291 e. The third kappa shape index (κ3) is 2.00. The number of rotatable bonds is 2. The molecule has 5 nitrogen and oxygen atoms in total.